The number of rotatable bonds is 2. The zero-order valence-electron chi connectivity index (χ0n) is 7.94. The molecule has 0 aromatic rings. The molecule has 84 valence electrons. The molecule has 0 aromatic carbocycles. The van der Waals surface area contributed by atoms with Gasteiger partial charge in [0.2, 0.25) is 0 Å². The van der Waals surface area contributed by atoms with Gasteiger partial charge >= 0.3 is 5.76 Å². The molecule has 0 spiro atoms. The zero-order valence-corrected chi connectivity index (χ0v) is 8.76. The van der Waals surface area contributed by atoms with Crippen molar-refractivity contribution in [2.24, 2.45) is 5.41 Å². The first-order chi connectivity index (χ1) is 6.18. The lowest BCUT2D eigenvalue weighted by Crippen LogP contribution is -2.34. The van der Waals surface area contributed by atoms with Crippen LogP contribution in [0, 0.1) is 5.41 Å². The van der Waals surface area contributed by atoms with E-state index in [2.05, 4.69) is 0 Å². The van der Waals surface area contributed by atoms with Gasteiger partial charge in [0.15, 0.2) is 0 Å². The van der Waals surface area contributed by atoms with Crippen LogP contribution in [0.2, 0.25) is 0 Å². The smallest absolute Gasteiger partial charge is 0.350 e. The van der Waals surface area contributed by atoms with Gasteiger partial charge in [0, 0.05) is 18.5 Å². The van der Waals surface area contributed by atoms with Crippen LogP contribution in [-0.2, 0) is 10.0 Å². The Kier molecular flexibility index (Phi) is 2.86. The molecule has 1 heterocycles. The molecular weight excluding hydrogens is 216 g/mol. The Morgan fingerprint density at radius 3 is 2.29 bits per heavy atom. The molecule has 0 amide bonds. The van der Waals surface area contributed by atoms with Gasteiger partial charge in [-0.05, 0) is 0 Å². The Morgan fingerprint density at radius 1 is 1.50 bits per heavy atom. The molecule has 4 nitrogen and oxygen atoms in total. The van der Waals surface area contributed by atoms with Crippen molar-refractivity contribution in [3.05, 3.63) is 0 Å². The number of aliphatic hydroxyl groups excluding tert-OH is 1. The van der Waals surface area contributed by atoms with Crippen LogP contribution < -0.4 is 0 Å². The lowest BCUT2D eigenvalue weighted by molar-refractivity contribution is 0.0959. The van der Waals surface area contributed by atoms with Crippen LogP contribution in [0.5, 0.6) is 0 Å². The molecule has 14 heavy (non-hydrogen) atoms. The van der Waals surface area contributed by atoms with E-state index in [1.165, 1.54) is 0 Å². The Balaban J connectivity index is 2.87. The molecule has 0 aliphatic carbocycles. The lowest BCUT2D eigenvalue weighted by atomic mass is 9.90. The third kappa shape index (κ3) is 1.89. The molecule has 1 unspecified atom stereocenters. The molecular formula is C7H13F2NO3S. The molecule has 7 heteroatoms. The van der Waals surface area contributed by atoms with Crippen LogP contribution in [-0.4, -0.2) is 42.8 Å². The highest BCUT2D eigenvalue weighted by molar-refractivity contribution is 7.89. The largest absolute Gasteiger partial charge is 0.391 e. The Morgan fingerprint density at radius 2 is 2.00 bits per heavy atom. The Labute approximate surface area is 81.6 Å². The standard InChI is InChI=1S/C7H13F2NO3S/c1-7(2)4-10(3-5(7)11)14(12,13)6(8)9/h5-6,11H,3-4H2,1-2H3. The fourth-order valence-electron chi connectivity index (χ4n) is 1.37. The van der Waals surface area contributed by atoms with Gasteiger partial charge in [-0.3, -0.25) is 0 Å². The molecule has 0 bridgehead atoms. The summed E-state index contributed by atoms with van der Waals surface area (Å²) in [5.41, 5.74) is -0.665. The van der Waals surface area contributed by atoms with E-state index in [1.807, 2.05) is 0 Å². The van der Waals surface area contributed by atoms with Crippen LogP contribution in [0.1, 0.15) is 13.8 Å². The molecule has 1 rings (SSSR count). The fourth-order valence-corrected chi connectivity index (χ4v) is 2.46. The minimum Gasteiger partial charge on any atom is -0.391 e. The lowest BCUT2D eigenvalue weighted by Gasteiger charge is -2.20. The summed E-state index contributed by atoms with van der Waals surface area (Å²) in [6.45, 7) is 2.96. The number of hydrogen-bond acceptors (Lipinski definition) is 3. The van der Waals surface area contributed by atoms with Gasteiger partial charge in [0.1, 0.15) is 0 Å². The van der Waals surface area contributed by atoms with E-state index in [0.717, 1.165) is 0 Å². The van der Waals surface area contributed by atoms with Crippen LogP contribution in [0.3, 0.4) is 0 Å². The van der Waals surface area contributed by atoms with Crippen LogP contribution in [0.4, 0.5) is 8.78 Å². The second kappa shape index (κ2) is 3.39. The minimum atomic E-state index is -4.54. The van der Waals surface area contributed by atoms with E-state index in [4.69, 9.17) is 0 Å². The van der Waals surface area contributed by atoms with Crippen molar-refractivity contribution in [1.82, 2.24) is 4.31 Å². The predicted molar refractivity (Wildman–Crippen MR) is 46.3 cm³/mol. The number of aliphatic hydroxyl groups is 1. The van der Waals surface area contributed by atoms with Gasteiger partial charge in [-0.2, -0.15) is 13.1 Å². The van der Waals surface area contributed by atoms with Gasteiger partial charge in [-0.15, -0.1) is 0 Å². The number of alkyl halides is 2. The molecule has 0 aromatic heterocycles. The van der Waals surface area contributed by atoms with E-state index < -0.39 is 27.3 Å². The number of sulfonamides is 1. The third-order valence-electron chi connectivity index (χ3n) is 2.45. The van der Waals surface area contributed by atoms with E-state index in [9.17, 15) is 22.3 Å². The first-order valence-corrected chi connectivity index (χ1v) is 5.63. The van der Waals surface area contributed by atoms with Crippen molar-refractivity contribution in [2.75, 3.05) is 13.1 Å². The highest BCUT2D eigenvalue weighted by Crippen LogP contribution is 2.32. The molecule has 1 aliphatic heterocycles. The first-order valence-electron chi connectivity index (χ1n) is 4.13. The van der Waals surface area contributed by atoms with Crippen molar-refractivity contribution in [2.45, 2.75) is 25.7 Å². The maximum absolute atomic E-state index is 12.1. The summed E-state index contributed by atoms with van der Waals surface area (Å²) in [6, 6.07) is 0. The number of hydrogen-bond donors (Lipinski definition) is 1. The van der Waals surface area contributed by atoms with Gasteiger partial charge in [-0.1, -0.05) is 13.8 Å². The summed E-state index contributed by atoms with van der Waals surface area (Å²) < 4.78 is 47.0. The zero-order chi connectivity index (χ0) is 11.1. The molecule has 0 saturated carbocycles. The quantitative estimate of drug-likeness (QED) is 0.738. The van der Waals surface area contributed by atoms with E-state index in [0.29, 0.717) is 4.31 Å². The van der Waals surface area contributed by atoms with Crippen molar-refractivity contribution >= 4 is 10.0 Å². The maximum Gasteiger partial charge on any atom is 0.350 e. The van der Waals surface area contributed by atoms with Crippen LogP contribution >= 0.6 is 0 Å². The molecule has 1 N–H and O–H groups in total. The summed E-state index contributed by atoms with van der Waals surface area (Å²) >= 11 is 0. The summed E-state index contributed by atoms with van der Waals surface area (Å²) in [7, 11) is -4.54. The van der Waals surface area contributed by atoms with Gasteiger partial charge < -0.3 is 5.11 Å². The number of β-amino-alcohol motifs (C(OH)–C–C–N with tert-alkyl or cyclic N) is 1. The van der Waals surface area contributed by atoms with Crippen molar-refractivity contribution < 1.29 is 22.3 Å². The Bertz CT molecular complexity index is 315. The summed E-state index contributed by atoms with van der Waals surface area (Å²) in [5.74, 6) is -3.41. The van der Waals surface area contributed by atoms with E-state index in [-0.39, 0.29) is 13.1 Å². The topological polar surface area (TPSA) is 57.6 Å². The van der Waals surface area contributed by atoms with Gasteiger partial charge in [0.05, 0.1) is 6.10 Å². The summed E-state index contributed by atoms with van der Waals surface area (Å²) in [5, 5.41) is 9.42. The van der Waals surface area contributed by atoms with Crippen LogP contribution in [0.25, 0.3) is 0 Å². The molecule has 0 radical (unpaired) electrons. The number of halogens is 2. The van der Waals surface area contributed by atoms with Crippen molar-refractivity contribution in [3.8, 4) is 0 Å². The summed E-state index contributed by atoms with van der Waals surface area (Å²) in [4.78, 5) is 0. The summed E-state index contributed by atoms with van der Waals surface area (Å²) in [6.07, 6.45) is -0.893. The van der Waals surface area contributed by atoms with Crippen molar-refractivity contribution in [3.63, 3.8) is 0 Å². The van der Waals surface area contributed by atoms with Crippen LogP contribution in [0.15, 0.2) is 0 Å². The monoisotopic (exact) mass is 229 g/mol. The molecule has 1 aliphatic rings. The number of nitrogens with zero attached hydrogens (tertiary/aromatic N) is 1. The average molecular weight is 229 g/mol. The molecule has 1 fully saturated rings. The normalized spacial score (nSPS) is 28.6. The fraction of sp³-hybridized carbons (Fsp3) is 1.00. The average Bonchev–Trinajstić information content (AvgIpc) is 2.27. The minimum absolute atomic E-state index is 0.0686. The van der Waals surface area contributed by atoms with Gasteiger partial charge in [-0.25, -0.2) is 8.42 Å². The highest BCUT2D eigenvalue weighted by Gasteiger charge is 2.45. The van der Waals surface area contributed by atoms with Gasteiger partial charge in [0.25, 0.3) is 10.0 Å². The highest BCUT2D eigenvalue weighted by atomic mass is 32.2. The SMILES string of the molecule is CC1(C)CN(S(=O)(=O)C(F)F)CC1O. The first kappa shape index (κ1) is 11.8. The van der Waals surface area contributed by atoms with E-state index >= 15 is 0 Å². The van der Waals surface area contributed by atoms with E-state index in [1.54, 1.807) is 13.8 Å². The third-order valence-corrected chi connectivity index (χ3v) is 3.90. The second-order valence-corrected chi connectivity index (χ2v) is 6.01. The predicted octanol–water partition coefficient (Wildman–Crippen LogP) is 0.241. The molecule has 1 atom stereocenters. The maximum atomic E-state index is 12.1. The second-order valence-electron chi connectivity index (χ2n) is 4.10. The van der Waals surface area contributed by atoms with Crippen molar-refractivity contribution in [1.29, 1.82) is 0 Å². The molecule has 1 saturated heterocycles. The Hall–Kier alpha value is -0.270.